The molecule has 78 valence electrons. The SMILES string of the molecule is CCCN(CCO)C1CCCNC1. The van der Waals surface area contributed by atoms with E-state index in [1.54, 1.807) is 0 Å². The van der Waals surface area contributed by atoms with Crippen LogP contribution >= 0.6 is 0 Å². The van der Waals surface area contributed by atoms with Crippen molar-refractivity contribution in [2.45, 2.75) is 32.2 Å². The fraction of sp³-hybridized carbons (Fsp3) is 1.00. The average molecular weight is 186 g/mol. The van der Waals surface area contributed by atoms with Crippen molar-refractivity contribution in [2.24, 2.45) is 0 Å². The van der Waals surface area contributed by atoms with E-state index in [1.165, 1.54) is 19.3 Å². The highest BCUT2D eigenvalue weighted by molar-refractivity contribution is 4.77. The summed E-state index contributed by atoms with van der Waals surface area (Å²) in [7, 11) is 0. The summed E-state index contributed by atoms with van der Waals surface area (Å²) < 4.78 is 0. The van der Waals surface area contributed by atoms with Crippen LogP contribution in [0.4, 0.5) is 0 Å². The van der Waals surface area contributed by atoms with E-state index in [9.17, 15) is 0 Å². The fourth-order valence-corrected chi connectivity index (χ4v) is 2.04. The fourth-order valence-electron chi connectivity index (χ4n) is 2.04. The van der Waals surface area contributed by atoms with Crippen molar-refractivity contribution in [1.82, 2.24) is 10.2 Å². The van der Waals surface area contributed by atoms with E-state index < -0.39 is 0 Å². The molecule has 0 aromatic carbocycles. The van der Waals surface area contributed by atoms with Gasteiger partial charge in [-0.05, 0) is 32.4 Å². The van der Waals surface area contributed by atoms with E-state index in [0.29, 0.717) is 6.04 Å². The molecule has 0 radical (unpaired) electrons. The summed E-state index contributed by atoms with van der Waals surface area (Å²) >= 11 is 0. The van der Waals surface area contributed by atoms with E-state index in [-0.39, 0.29) is 6.61 Å². The Hall–Kier alpha value is -0.120. The van der Waals surface area contributed by atoms with Crippen LogP contribution in [0.15, 0.2) is 0 Å². The molecular formula is C10H22N2O. The maximum atomic E-state index is 8.93. The Kier molecular flexibility index (Phi) is 5.35. The molecule has 0 aromatic heterocycles. The van der Waals surface area contributed by atoms with Crippen molar-refractivity contribution in [2.75, 3.05) is 32.8 Å². The van der Waals surface area contributed by atoms with Crippen LogP contribution in [0.25, 0.3) is 0 Å². The summed E-state index contributed by atoms with van der Waals surface area (Å²) in [5.41, 5.74) is 0. The Bertz CT molecular complexity index is 118. The van der Waals surface area contributed by atoms with Crippen molar-refractivity contribution in [3.63, 3.8) is 0 Å². The van der Waals surface area contributed by atoms with Crippen molar-refractivity contribution in [3.8, 4) is 0 Å². The van der Waals surface area contributed by atoms with Gasteiger partial charge < -0.3 is 10.4 Å². The van der Waals surface area contributed by atoms with Crippen molar-refractivity contribution >= 4 is 0 Å². The number of aliphatic hydroxyl groups is 1. The predicted molar refractivity (Wildman–Crippen MR) is 54.8 cm³/mol. The Morgan fingerprint density at radius 3 is 2.85 bits per heavy atom. The molecule has 0 aromatic rings. The lowest BCUT2D eigenvalue weighted by molar-refractivity contribution is 0.131. The zero-order valence-corrected chi connectivity index (χ0v) is 8.63. The molecule has 1 atom stereocenters. The van der Waals surface area contributed by atoms with E-state index in [2.05, 4.69) is 17.1 Å². The molecule has 3 heteroatoms. The smallest absolute Gasteiger partial charge is 0.0558 e. The van der Waals surface area contributed by atoms with Gasteiger partial charge in [0.2, 0.25) is 0 Å². The molecule has 0 bridgehead atoms. The van der Waals surface area contributed by atoms with Crippen LogP contribution in [0, 0.1) is 0 Å². The molecule has 1 aliphatic rings. The van der Waals surface area contributed by atoms with Crippen LogP contribution in [-0.2, 0) is 0 Å². The maximum absolute atomic E-state index is 8.93. The average Bonchev–Trinajstić information content (AvgIpc) is 2.19. The Morgan fingerprint density at radius 2 is 2.31 bits per heavy atom. The minimum atomic E-state index is 0.288. The van der Waals surface area contributed by atoms with Gasteiger partial charge in [0.05, 0.1) is 6.61 Å². The predicted octanol–water partition coefficient (Wildman–Crippen LogP) is 0.443. The highest BCUT2D eigenvalue weighted by Crippen LogP contribution is 2.10. The maximum Gasteiger partial charge on any atom is 0.0558 e. The van der Waals surface area contributed by atoms with E-state index in [1.807, 2.05) is 0 Å². The lowest BCUT2D eigenvalue weighted by Crippen LogP contribution is -2.47. The third-order valence-corrected chi connectivity index (χ3v) is 2.69. The molecule has 2 N–H and O–H groups in total. The largest absolute Gasteiger partial charge is 0.395 e. The number of hydrogen-bond acceptors (Lipinski definition) is 3. The van der Waals surface area contributed by atoms with Crippen LogP contribution in [0.2, 0.25) is 0 Å². The summed E-state index contributed by atoms with van der Waals surface area (Å²) in [6, 6.07) is 0.654. The summed E-state index contributed by atoms with van der Waals surface area (Å²) in [4.78, 5) is 2.41. The molecule has 0 aliphatic carbocycles. The van der Waals surface area contributed by atoms with Gasteiger partial charge in [0.25, 0.3) is 0 Å². The molecule has 0 saturated carbocycles. The number of rotatable bonds is 5. The monoisotopic (exact) mass is 186 g/mol. The van der Waals surface area contributed by atoms with Crippen LogP contribution in [0.1, 0.15) is 26.2 Å². The van der Waals surface area contributed by atoms with Crippen molar-refractivity contribution < 1.29 is 5.11 Å². The molecule has 13 heavy (non-hydrogen) atoms. The molecule has 1 aliphatic heterocycles. The number of piperidine rings is 1. The summed E-state index contributed by atoms with van der Waals surface area (Å²) in [6.07, 6.45) is 3.74. The van der Waals surface area contributed by atoms with Gasteiger partial charge in [0, 0.05) is 19.1 Å². The zero-order chi connectivity index (χ0) is 9.52. The molecule has 0 amide bonds. The standard InChI is InChI=1S/C10H22N2O/c1-2-6-12(7-8-13)10-4-3-5-11-9-10/h10-11,13H,2-9H2,1H3. The minimum absolute atomic E-state index is 0.288. The van der Waals surface area contributed by atoms with E-state index in [4.69, 9.17) is 5.11 Å². The molecule has 1 saturated heterocycles. The second-order valence-electron chi connectivity index (χ2n) is 3.76. The zero-order valence-electron chi connectivity index (χ0n) is 8.63. The molecule has 1 rings (SSSR count). The topological polar surface area (TPSA) is 35.5 Å². The van der Waals surface area contributed by atoms with Crippen LogP contribution in [0.3, 0.4) is 0 Å². The summed E-state index contributed by atoms with van der Waals surface area (Å²) in [6.45, 7) is 6.69. The molecule has 1 fully saturated rings. The lowest BCUT2D eigenvalue weighted by Gasteiger charge is -2.34. The first-order valence-electron chi connectivity index (χ1n) is 5.44. The van der Waals surface area contributed by atoms with Gasteiger partial charge in [-0.3, -0.25) is 4.90 Å². The number of nitrogens with one attached hydrogen (secondary N) is 1. The Morgan fingerprint density at radius 1 is 1.46 bits per heavy atom. The normalized spacial score (nSPS) is 23.8. The highest BCUT2D eigenvalue weighted by atomic mass is 16.3. The molecule has 1 heterocycles. The van der Waals surface area contributed by atoms with Gasteiger partial charge in [-0.15, -0.1) is 0 Å². The van der Waals surface area contributed by atoms with Gasteiger partial charge in [-0.2, -0.15) is 0 Å². The summed E-state index contributed by atoms with van der Waals surface area (Å²) in [5, 5.41) is 12.3. The minimum Gasteiger partial charge on any atom is -0.395 e. The first kappa shape index (κ1) is 11.0. The number of nitrogens with zero attached hydrogens (tertiary/aromatic N) is 1. The first-order chi connectivity index (χ1) is 6.38. The van der Waals surface area contributed by atoms with Gasteiger partial charge >= 0.3 is 0 Å². The van der Waals surface area contributed by atoms with Crippen LogP contribution in [-0.4, -0.2) is 48.8 Å². The van der Waals surface area contributed by atoms with Gasteiger partial charge in [-0.1, -0.05) is 6.92 Å². The second kappa shape index (κ2) is 6.35. The molecule has 0 spiro atoms. The molecule has 3 nitrogen and oxygen atoms in total. The van der Waals surface area contributed by atoms with Crippen LogP contribution < -0.4 is 5.32 Å². The Labute approximate surface area is 81.1 Å². The van der Waals surface area contributed by atoms with Gasteiger partial charge in [0.15, 0.2) is 0 Å². The third-order valence-electron chi connectivity index (χ3n) is 2.69. The van der Waals surface area contributed by atoms with Crippen LogP contribution in [0.5, 0.6) is 0 Å². The number of aliphatic hydroxyl groups excluding tert-OH is 1. The van der Waals surface area contributed by atoms with Gasteiger partial charge in [-0.25, -0.2) is 0 Å². The first-order valence-corrected chi connectivity index (χ1v) is 5.44. The van der Waals surface area contributed by atoms with Crippen molar-refractivity contribution in [3.05, 3.63) is 0 Å². The highest BCUT2D eigenvalue weighted by Gasteiger charge is 2.19. The lowest BCUT2D eigenvalue weighted by atomic mass is 10.1. The third kappa shape index (κ3) is 3.63. The summed E-state index contributed by atoms with van der Waals surface area (Å²) in [5.74, 6) is 0. The number of hydrogen-bond donors (Lipinski definition) is 2. The van der Waals surface area contributed by atoms with E-state index >= 15 is 0 Å². The molecule has 1 unspecified atom stereocenters. The quantitative estimate of drug-likeness (QED) is 0.654. The van der Waals surface area contributed by atoms with E-state index in [0.717, 1.165) is 26.2 Å². The second-order valence-corrected chi connectivity index (χ2v) is 3.76. The molecular weight excluding hydrogens is 164 g/mol. The van der Waals surface area contributed by atoms with Crippen molar-refractivity contribution in [1.29, 1.82) is 0 Å². The Balaban J connectivity index is 2.32. The van der Waals surface area contributed by atoms with Gasteiger partial charge in [0.1, 0.15) is 0 Å².